The predicted octanol–water partition coefficient (Wildman–Crippen LogP) is 0.0372. The lowest BCUT2D eigenvalue weighted by Crippen LogP contribution is -2.57. The Labute approximate surface area is 148 Å². The molecule has 1 aliphatic rings. The zero-order valence-electron chi connectivity index (χ0n) is 14.4. The van der Waals surface area contributed by atoms with Crippen molar-refractivity contribution < 1.29 is 38.5 Å². The van der Waals surface area contributed by atoms with Crippen LogP contribution >= 0.6 is 0 Å². The number of nitrogens with zero attached hydrogens (tertiary/aromatic N) is 3. The van der Waals surface area contributed by atoms with Crippen molar-refractivity contribution in [2.24, 2.45) is 5.16 Å². The summed E-state index contributed by atoms with van der Waals surface area (Å²) < 4.78 is 22.4. The number of esters is 3. The van der Waals surface area contributed by atoms with Gasteiger partial charge >= 0.3 is 17.9 Å². The average Bonchev–Trinajstić information content (AvgIpc) is 3.08. The van der Waals surface area contributed by atoms with Gasteiger partial charge in [-0.05, 0) is 6.07 Å². The van der Waals surface area contributed by atoms with Crippen molar-refractivity contribution in [3.8, 4) is 0 Å². The van der Waals surface area contributed by atoms with Crippen LogP contribution in [0.15, 0.2) is 23.6 Å². The van der Waals surface area contributed by atoms with Crippen molar-refractivity contribution in [2.75, 3.05) is 6.61 Å². The van der Waals surface area contributed by atoms with Crippen molar-refractivity contribution in [3.63, 3.8) is 0 Å². The molecule has 0 amide bonds. The molecule has 4 atom stereocenters. The molecule has 26 heavy (non-hydrogen) atoms. The minimum Gasteiger partial charge on any atom is -0.463 e. The lowest BCUT2D eigenvalue weighted by molar-refractivity contribution is -0.196. The van der Waals surface area contributed by atoms with Gasteiger partial charge in [0.25, 0.3) is 0 Å². The molecule has 11 heteroatoms. The molecule has 2 rings (SSSR count). The molecule has 0 bridgehead atoms. The smallest absolute Gasteiger partial charge is 0.303 e. The summed E-state index contributed by atoms with van der Waals surface area (Å²) >= 11 is 0. The molecule has 1 saturated heterocycles. The highest BCUT2D eigenvalue weighted by Gasteiger charge is 2.49. The molecule has 1 aliphatic heterocycles. The van der Waals surface area contributed by atoms with Gasteiger partial charge in [-0.15, -0.1) is 0 Å². The Morgan fingerprint density at radius 2 is 1.92 bits per heavy atom. The molecule has 0 saturated carbocycles. The second-order valence-corrected chi connectivity index (χ2v) is 5.44. The van der Waals surface area contributed by atoms with E-state index < -0.39 is 42.4 Å². The molecule has 142 valence electrons. The van der Waals surface area contributed by atoms with E-state index in [4.69, 9.17) is 18.9 Å². The molecular formula is C15H19N3O8. The first-order valence-electron chi connectivity index (χ1n) is 7.67. The molecule has 0 spiro atoms. The topological polar surface area (TPSA) is 139 Å². The molecular weight excluding hydrogens is 350 g/mol. The molecule has 11 nitrogen and oxygen atoms in total. The fourth-order valence-corrected chi connectivity index (χ4v) is 2.51. The van der Waals surface area contributed by atoms with Crippen LogP contribution in [0, 0.1) is 0 Å². The summed E-state index contributed by atoms with van der Waals surface area (Å²) in [6, 6.07) is 1.61. The van der Waals surface area contributed by atoms with Crippen molar-refractivity contribution in [1.82, 2.24) is 9.78 Å². The first-order valence-corrected chi connectivity index (χ1v) is 7.67. The van der Waals surface area contributed by atoms with E-state index in [2.05, 4.69) is 10.3 Å². The third-order valence-electron chi connectivity index (χ3n) is 3.44. The summed E-state index contributed by atoms with van der Waals surface area (Å²) in [4.78, 5) is 34.2. The van der Waals surface area contributed by atoms with E-state index in [1.165, 1.54) is 24.0 Å². The van der Waals surface area contributed by atoms with Gasteiger partial charge in [-0.1, -0.05) is 5.16 Å². The van der Waals surface area contributed by atoms with Crippen LogP contribution in [0.25, 0.3) is 0 Å². The highest BCUT2D eigenvalue weighted by molar-refractivity contribution is 5.93. The third-order valence-corrected chi connectivity index (χ3v) is 3.44. The lowest BCUT2D eigenvalue weighted by atomic mass is 9.98. The molecule has 0 radical (unpaired) electrons. The Balaban J connectivity index is 2.42. The second kappa shape index (κ2) is 8.43. The normalized spacial score (nSPS) is 27.0. The number of carbonyl (C=O) groups is 3. The molecule has 1 aromatic rings. The van der Waals surface area contributed by atoms with Gasteiger partial charge in [-0.25, -0.2) is 4.68 Å². The number of carbonyl (C=O) groups excluding carboxylic acids is 3. The van der Waals surface area contributed by atoms with Gasteiger partial charge in [-0.3, -0.25) is 14.4 Å². The molecule has 2 heterocycles. The minimum atomic E-state index is -1.26. The minimum absolute atomic E-state index is 0.130. The first kappa shape index (κ1) is 19.4. The zero-order valence-corrected chi connectivity index (χ0v) is 14.4. The van der Waals surface area contributed by atoms with E-state index in [-0.39, 0.29) is 12.3 Å². The summed E-state index contributed by atoms with van der Waals surface area (Å²) in [5.74, 6) is -1.95. The Kier molecular flexibility index (Phi) is 6.28. The van der Waals surface area contributed by atoms with Crippen LogP contribution < -0.4 is 0 Å². The van der Waals surface area contributed by atoms with Gasteiger partial charge in [0.2, 0.25) is 0 Å². The van der Waals surface area contributed by atoms with Crippen LogP contribution in [0.3, 0.4) is 0 Å². The number of rotatable bonds is 5. The summed E-state index contributed by atoms with van der Waals surface area (Å²) in [5.41, 5.74) is -0.130. The average molecular weight is 369 g/mol. The van der Waals surface area contributed by atoms with E-state index in [9.17, 15) is 19.6 Å². The van der Waals surface area contributed by atoms with Crippen molar-refractivity contribution in [3.05, 3.63) is 18.5 Å². The monoisotopic (exact) mass is 369 g/mol. The van der Waals surface area contributed by atoms with Gasteiger partial charge in [0, 0.05) is 33.2 Å². The number of oxime groups is 1. The van der Waals surface area contributed by atoms with Crippen molar-refractivity contribution in [2.45, 2.75) is 45.3 Å². The zero-order chi connectivity index (χ0) is 19.3. The van der Waals surface area contributed by atoms with Crippen LogP contribution in [0.1, 0.15) is 27.0 Å². The van der Waals surface area contributed by atoms with Gasteiger partial charge in [0.05, 0.1) is 0 Å². The van der Waals surface area contributed by atoms with Gasteiger partial charge in [0.1, 0.15) is 12.7 Å². The lowest BCUT2D eigenvalue weighted by Gasteiger charge is -2.40. The summed E-state index contributed by atoms with van der Waals surface area (Å²) in [6.45, 7) is 3.24. The van der Waals surface area contributed by atoms with E-state index >= 15 is 0 Å². The highest BCUT2D eigenvalue weighted by atomic mass is 16.6. The second-order valence-electron chi connectivity index (χ2n) is 5.44. The quantitative estimate of drug-likeness (QED) is 0.330. The maximum atomic E-state index is 11.5. The van der Waals surface area contributed by atoms with Gasteiger partial charge in [-0.2, -0.15) is 5.10 Å². The Morgan fingerprint density at radius 1 is 1.23 bits per heavy atom. The summed E-state index contributed by atoms with van der Waals surface area (Å²) in [5, 5.41) is 16.6. The van der Waals surface area contributed by atoms with Crippen molar-refractivity contribution >= 4 is 23.6 Å². The van der Waals surface area contributed by atoms with Crippen molar-refractivity contribution in [1.29, 1.82) is 0 Å². The van der Waals surface area contributed by atoms with Gasteiger partial charge in [0.15, 0.2) is 24.1 Å². The highest BCUT2D eigenvalue weighted by Crippen LogP contribution is 2.30. The maximum absolute atomic E-state index is 11.5. The molecule has 1 fully saturated rings. The van der Waals surface area contributed by atoms with Crippen LogP contribution in [-0.2, 0) is 33.3 Å². The molecule has 1 aromatic heterocycles. The Hall–Kier alpha value is -2.95. The molecule has 1 N–H and O–H groups in total. The number of aromatic nitrogens is 2. The molecule has 0 unspecified atom stereocenters. The summed E-state index contributed by atoms with van der Waals surface area (Å²) in [6.07, 6.45) is -1.49. The number of hydrogen-bond donors (Lipinski definition) is 1. The SMILES string of the molecule is CC(=O)OC[C@H]1O[C@H](n2cccn2)/C(=N\O)[C@@H](OC(C)=O)[C@H]1OC(C)=O. The van der Waals surface area contributed by atoms with Crippen LogP contribution in [-0.4, -0.2) is 63.5 Å². The van der Waals surface area contributed by atoms with Crippen LogP contribution in [0.4, 0.5) is 0 Å². The predicted molar refractivity (Wildman–Crippen MR) is 83.1 cm³/mol. The van der Waals surface area contributed by atoms with Crippen LogP contribution in [0.2, 0.25) is 0 Å². The van der Waals surface area contributed by atoms with Gasteiger partial charge < -0.3 is 24.2 Å². The third kappa shape index (κ3) is 4.57. The Morgan fingerprint density at radius 3 is 2.42 bits per heavy atom. The molecule has 0 aromatic carbocycles. The fraction of sp³-hybridized carbons (Fsp3) is 0.533. The Bertz CT molecular complexity index is 687. The maximum Gasteiger partial charge on any atom is 0.303 e. The number of hydrogen-bond acceptors (Lipinski definition) is 10. The van der Waals surface area contributed by atoms with Crippen LogP contribution in [0.5, 0.6) is 0 Å². The standard InChI is InChI=1S/C15H19N3O8/c1-8(19)23-7-11-13(24-9(2)20)14(25-10(3)21)12(17-22)15(26-11)18-6-4-5-16-18/h4-6,11,13-15,22H,7H2,1-3H3/b17-12-/t11-,13+,14-,15+/m1/s1. The van der Waals surface area contributed by atoms with E-state index in [1.807, 2.05) is 0 Å². The first-order chi connectivity index (χ1) is 12.3. The fourth-order valence-electron chi connectivity index (χ4n) is 2.51. The van der Waals surface area contributed by atoms with E-state index in [1.54, 1.807) is 6.07 Å². The van der Waals surface area contributed by atoms with E-state index in [0.29, 0.717) is 0 Å². The molecule has 0 aliphatic carbocycles. The number of ether oxygens (including phenoxy) is 4. The largest absolute Gasteiger partial charge is 0.463 e. The van der Waals surface area contributed by atoms with E-state index in [0.717, 1.165) is 13.8 Å². The summed E-state index contributed by atoms with van der Waals surface area (Å²) in [7, 11) is 0.